The summed E-state index contributed by atoms with van der Waals surface area (Å²) in [6, 6.07) is 8.28. The molecule has 0 unspecified atom stereocenters. The van der Waals surface area contributed by atoms with Gasteiger partial charge in [-0.05, 0) is 31.2 Å². The lowest BCUT2D eigenvalue weighted by Crippen LogP contribution is -2.21. The van der Waals surface area contributed by atoms with Crippen molar-refractivity contribution in [2.75, 3.05) is 49.4 Å². The topological polar surface area (TPSA) is 118 Å². The van der Waals surface area contributed by atoms with Gasteiger partial charge in [0, 0.05) is 24.0 Å². The Bertz CT molecular complexity index is 709. The molecule has 0 spiro atoms. The summed E-state index contributed by atoms with van der Waals surface area (Å²) in [5, 5.41) is 17.0. The van der Waals surface area contributed by atoms with E-state index in [4.69, 9.17) is 14.6 Å². The number of aromatic nitrogens is 2. The quantitative estimate of drug-likeness (QED) is 0.504. The maximum Gasteiger partial charge on any atom is 0.326 e. The molecule has 2 amide bonds. The summed E-state index contributed by atoms with van der Waals surface area (Å²) in [5.74, 6) is 1.47. The number of hydrogen-bond acceptors (Lipinski definition) is 7. The first-order chi connectivity index (χ1) is 12.6. The van der Waals surface area contributed by atoms with E-state index in [1.807, 2.05) is 6.92 Å². The SMILES string of the molecule is COc1ccc(NC(=O)Nc2nc(C)cc(NCCOCCO)n2)cc1. The molecule has 0 aliphatic rings. The number of ether oxygens (including phenoxy) is 2. The first-order valence-corrected chi connectivity index (χ1v) is 8.11. The van der Waals surface area contributed by atoms with Crippen LogP contribution in [0.4, 0.5) is 22.2 Å². The highest BCUT2D eigenvalue weighted by Crippen LogP contribution is 2.15. The number of aliphatic hydroxyl groups excluding tert-OH is 1. The Kier molecular flexibility index (Phi) is 7.59. The van der Waals surface area contributed by atoms with Crippen LogP contribution in [0, 0.1) is 6.92 Å². The van der Waals surface area contributed by atoms with Crippen LogP contribution in [0.5, 0.6) is 5.75 Å². The van der Waals surface area contributed by atoms with E-state index in [2.05, 4.69) is 25.9 Å². The molecular formula is C17H23N5O4. The minimum absolute atomic E-state index is 0.00993. The zero-order valence-corrected chi connectivity index (χ0v) is 14.8. The van der Waals surface area contributed by atoms with Gasteiger partial charge in [-0.25, -0.2) is 9.78 Å². The van der Waals surface area contributed by atoms with Crippen LogP contribution in [0.1, 0.15) is 5.69 Å². The summed E-state index contributed by atoms with van der Waals surface area (Å²) in [7, 11) is 1.58. The highest BCUT2D eigenvalue weighted by Gasteiger charge is 2.07. The van der Waals surface area contributed by atoms with Crippen LogP contribution < -0.4 is 20.7 Å². The van der Waals surface area contributed by atoms with Crippen molar-refractivity contribution in [2.45, 2.75) is 6.92 Å². The summed E-state index contributed by atoms with van der Waals surface area (Å²) in [4.78, 5) is 20.5. The molecule has 1 aromatic carbocycles. The van der Waals surface area contributed by atoms with Crippen molar-refractivity contribution in [1.82, 2.24) is 9.97 Å². The molecule has 26 heavy (non-hydrogen) atoms. The van der Waals surface area contributed by atoms with Crippen LogP contribution >= 0.6 is 0 Å². The average molecular weight is 361 g/mol. The molecule has 140 valence electrons. The number of amides is 2. The van der Waals surface area contributed by atoms with Gasteiger partial charge in [0.25, 0.3) is 0 Å². The predicted octanol–water partition coefficient (Wildman–Crippen LogP) is 1.86. The number of nitrogens with zero attached hydrogens (tertiary/aromatic N) is 2. The number of aryl methyl sites for hydroxylation is 1. The van der Waals surface area contributed by atoms with Crippen LogP contribution in [0.3, 0.4) is 0 Å². The number of aliphatic hydroxyl groups is 1. The van der Waals surface area contributed by atoms with Gasteiger partial charge in [-0.1, -0.05) is 0 Å². The monoisotopic (exact) mass is 361 g/mol. The maximum atomic E-state index is 12.1. The highest BCUT2D eigenvalue weighted by atomic mass is 16.5. The lowest BCUT2D eigenvalue weighted by atomic mass is 10.3. The van der Waals surface area contributed by atoms with Crippen molar-refractivity contribution in [3.05, 3.63) is 36.0 Å². The first kappa shape index (κ1) is 19.4. The third-order valence-electron chi connectivity index (χ3n) is 3.22. The molecule has 0 atom stereocenters. The molecule has 2 aromatic rings. The summed E-state index contributed by atoms with van der Waals surface area (Å²) < 4.78 is 10.2. The van der Waals surface area contributed by atoms with Crippen molar-refractivity contribution in [1.29, 1.82) is 0 Å². The van der Waals surface area contributed by atoms with Gasteiger partial charge in [0.2, 0.25) is 5.95 Å². The zero-order valence-electron chi connectivity index (χ0n) is 14.8. The molecule has 9 heteroatoms. The third kappa shape index (κ3) is 6.54. The number of urea groups is 1. The number of carbonyl (C=O) groups excluding carboxylic acids is 1. The van der Waals surface area contributed by atoms with Crippen LogP contribution in [0.25, 0.3) is 0 Å². The van der Waals surface area contributed by atoms with Gasteiger partial charge >= 0.3 is 6.03 Å². The van der Waals surface area contributed by atoms with E-state index in [0.29, 0.717) is 42.7 Å². The molecule has 9 nitrogen and oxygen atoms in total. The van der Waals surface area contributed by atoms with Gasteiger partial charge < -0.3 is 25.2 Å². The van der Waals surface area contributed by atoms with Crippen LogP contribution in [-0.4, -0.2) is 54.6 Å². The summed E-state index contributed by atoms with van der Waals surface area (Å²) in [5.41, 5.74) is 1.33. The van der Waals surface area contributed by atoms with Gasteiger partial charge in [-0.15, -0.1) is 0 Å². The van der Waals surface area contributed by atoms with Gasteiger partial charge in [-0.2, -0.15) is 4.98 Å². The number of benzene rings is 1. The number of anilines is 3. The average Bonchev–Trinajstić information content (AvgIpc) is 2.61. The normalized spacial score (nSPS) is 10.3. The van der Waals surface area contributed by atoms with Crippen molar-refractivity contribution in [3.8, 4) is 5.75 Å². The molecule has 0 radical (unpaired) electrons. The molecule has 2 rings (SSSR count). The second kappa shape index (κ2) is 10.2. The van der Waals surface area contributed by atoms with Crippen molar-refractivity contribution in [3.63, 3.8) is 0 Å². The predicted molar refractivity (Wildman–Crippen MR) is 98.8 cm³/mol. The highest BCUT2D eigenvalue weighted by molar-refractivity contribution is 5.98. The fourth-order valence-electron chi connectivity index (χ4n) is 2.07. The van der Waals surface area contributed by atoms with E-state index in [-0.39, 0.29) is 12.6 Å². The fraction of sp³-hybridized carbons (Fsp3) is 0.353. The molecule has 1 heterocycles. The van der Waals surface area contributed by atoms with E-state index in [1.165, 1.54) is 0 Å². The Morgan fingerprint density at radius 3 is 2.62 bits per heavy atom. The zero-order chi connectivity index (χ0) is 18.8. The lowest BCUT2D eigenvalue weighted by molar-refractivity contribution is 0.0992. The lowest BCUT2D eigenvalue weighted by Gasteiger charge is -2.10. The van der Waals surface area contributed by atoms with Crippen molar-refractivity contribution >= 4 is 23.5 Å². The molecule has 1 aromatic heterocycles. The first-order valence-electron chi connectivity index (χ1n) is 8.11. The van der Waals surface area contributed by atoms with E-state index < -0.39 is 6.03 Å². The Morgan fingerprint density at radius 1 is 1.15 bits per heavy atom. The fourth-order valence-corrected chi connectivity index (χ4v) is 2.07. The summed E-state index contributed by atoms with van der Waals surface area (Å²) in [6.07, 6.45) is 0. The van der Waals surface area contributed by atoms with Gasteiger partial charge in [0.15, 0.2) is 0 Å². The molecule has 0 saturated carbocycles. The van der Waals surface area contributed by atoms with Gasteiger partial charge in [-0.3, -0.25) is 5.32 Å². The molecule has 0 saturated heterocycles. The second-order valence-electron chi connectivity index (χ2n) is 5.29. The number of nitrogens with one attached hydrogen (secondary N) is 3. The van der Waals surface area contributed by atoms with Crippen LogP contribution in [0.15, 0.2) is 30.3 Å². The largest absolute Gasteiger partial charge is 0.497 e. The standard InChI is InChI=1S/C17H23N5O4/c1-12-11-15(18-7-9-26-10-8-23)21-16(19-12)22-17(24)20-13-3-5-14(25-2)6-4-13/h3-6,11,23H,7-10H2,1-2H3,(H3,18,19,20,21,22,24). The smallest absolute Gasteiger partial charge is 0.326 e. The Hall–Kier alpha value is -2.91. The van der Waals surface area contributed by atoms with E-state index in [1.54, 1.807) is 37.4 Å². The molecule has 0 aliphatic heterocycles. The van der Waals surface area contributed by atoms with E-state index in [9.17, 15) is 4.79 Å². The number of methoxy groups -OCH3 is 1. The number of rotatable bonds is 9. The van der Waals surface area contributed by atoms with Gasteiger partial charge in [0.1, 0.15) is 11.6 Å². The molecule has 0 fully saturated rings. The molecule has 4 N–H and O–H groups in total. The van der Waals surface area contributed by atoms with Crippen molar-refractivity contribution in [2.24, 2.45) is 0 Å². The minimum Gasteiger partial charge on any atom is -0.497 e. The van der Waals surface area contributed by atoms with Crippen LogP contribution in [0.2, 0.25) is 0 Å². The summed E-state index contributed by atoms with van der Waals surface area (Å²) in [6.45, 7) is 3.05. The minimum atomic E-state index is -0.446. The van der Waals surface area contributed by atoms with Crippen LogP contribution in [-0.2, 0) is 4.74 Å². The second-order valence-corrected chi connectivity index (χ2v) is 5.29. The van der Waals surface area contributed by atoms with E-state index >= 15 is 0 Å². The van der Waals surface area contributed by atoms with Gasteiger partial charge in [0.05, 0.1) is 26.9 Å². The Balaban J connectivity index is 1.89. The molecule has 0 aliphatic carbocycles. The Morgan fingerprint density at radius 2 is 1.92 bits per heavy atom. The maximum absolute atomic E-state index is 12.1. The number of hydrogen-bond donors (Lipinski definition) is 4. The number of carbonyl (C=O) groups is 1. The molecule has 0 bridgehead atoms. The Labute approximate surface area is 151 Å². The molecular weight excluding hydrogens is 338 g/mol. The third-order valence-corrected chi connectivity index (χ3v) is 3.22. The summed E-state index contributed by atoms with van der Waals surface area (Å²) >= 11 is 0. The van der Waals surface area contributed by atoms with E-state index in [0.717, 1.165) is 0 Å². The van der Waals surface area contributed by atoms with Crippen molar-refractivity contribution < 1.29 is 19.4 Å².